The molecule has 0 aliphatic rings. The fraction of sp³-hybridized carbons (Fsp3) is 1.00. The largest absolute Gasteiger partial charge is 0.464 e. The summed E-state index contributed by atoms with van der Waals surface area (Å²) < 4.78 is 1.50. The van der Waals surface area contributed by atoms with Gasteiger partial charge in [-0.3, -0.25) is 0 Å². The molecule has 0 atom stereocenters. The molecule has 2 heteroatoms. The van der Waals surface area contributed by atoms with Crippen molar-refractivity contribution in [2.45, 2.75) is 18.4 Å². The average Bonchev–Trinajstić information content (AvgIpc) is 1.35. The van der Waals surface area contributed by atoms with Crippen molar-refractivity contribution in [1.29, 1.82) is 0 Å². The molecule has 0 radical (unpaired) electrons. The van der Waals surface area contributed by atoms with Gasteiger partial charge in [-0.25, -0.2) is 0 Å². The maximum absolute atomic E-state index is 2.54. The molecule has 0 N–H and O–H groups in total. The van der Waals surface area contributed by atoms with Crippen LogP contribution in [0.4, 0.5) is 0 Å². The zero-order valence-corrected chi connectivity index (χ0v) is 7.94. The van der Waals surface area contributed by atoms with Gasteiger partial charge in [-0.2, -0.15) is 0 Å². The van der Waals surface area contributed by atoms with Crippen molar-refractivity contribution in [2.24, 2.45) is 5.92 Å². The van der Waals surface area contributed by atoms with Crippen LogP contribution >= 0.6 is 18.9 Å². The van der Waals surface area contributed by atoms with Gasteiger partial charge < -0.3 is 18.9 Å². The van der Waals surface area contributed by atoms with E-state index in [4.69, 9.17) is 0 Å². The smallest absolute Gasteiger partial charge is 0.301 e. The summed E-state index contributed by atoms with van der Waals surface area (Å²) in [5.41, 5.74) is 0. The predicted molar refractivity (Wildman–Crippen MR) is 39.4 cm³/mol. The average molecular weight is 208 g/mol. The molecule has 0 fully saturated rings. The lowest BCUT2D eigenvalue weighted by Gasteiger charge is -1.94. The first-order valence-corrected chi connectivity index (χ1v) is 8.44. The van der Waals surface area contributed by atoms with Crippen LogP contribution in [-0.4, -0.2) is 16.5 Å². The third-order valence-electron chi connectivity index (χ3n) is 0.686. The maximum atomic E-state index is 2.54. The summed E-state index contributed by atoms with van der Waals surface area (Å²) in [4.78, 5) is 0. The molecule has 0 aliphatic heterocycles. The maximum Gasteiger partial charge on any atom is 0.464 e. The number of rotatable bonds is 2. The lowest BCUT2D eigenvalue weighted by atomic mass is 10.3. The van der Waals surface area contributed by atoms with Gasteiger partial charge in [-0.05, 0) is 0 Å². The molecule has 0 aliphatic carbocycles. The molecule has 0 unspecified atom stereocenters. The first kappa shape index (κ1) is 7.50. The summed E-state index contributed by atoms with van der Waals surface area (Å²) in [7, 11) is 0. The molecule has 6 heavy (non-hydrogen) atoms. The molecule has 0 rings (SSSR count). The molecule has 0 aromatic heterocycles. The topological polar surface area (TPSA) is 0 Å². The van der Waals surface area contributed by atoms with E-state index >= 15 is 0 Å². The van der Waals surface area contributed by atoms with Crippen molar-refractivity contribution in [3.05, 3.63) is 0 Å². The van der Waals surface area contributed by atoms with E-state index in [9.17, 15) is 0 Å². The predicted octanol–water partition coefficient (Wildman–Crippen LogP) is 2.11. The fourth-order valence-corrected chi connectivity index (χ4v) is 4.39. The van der Waals surface area contributed by atoms with Gasteiger partial charge in [0.1, 0.15) is 0 Å². The van der Waals surface area contributed by atoms with E-state index in [0.717, 1.165) is 5.92 Å². The van der Waals surface area contributed by atoms with Gasteiger partial charge in [0.05, 0.1) is 0 Å². The van der Waals surface area contributed by atoms with Crippen LogP contribution in [0.3, 0.4) is 0 Å². The summed E-state index contributed by atoms with van der Waals surface area (Å²) in [5.74, 6) is 0.952. The van der Waals surface area contributed by atoms with Crippen LogP contribution in [0, 0.1) is 5.92 Å². The quantitative estimate of drug-likeness (QED) is 0.481. The van der Waals surface area contributed by atoms with E-state index in [-0.39, 0.29) is 0 Å². The Morgan fingerprint density at radius 2 is 2.17 bits per heavy atom. The fourth-order valence-electron chi connectivity index (χ4n) is 0.218. The first-order valence-electron chi connectivity index (χ1n) is 2.33. The Bertz CT molecular complexity index is 28.7. The second-order valence-electron chi connectivity index (χ2n) is 1.87. The zero-order chi connectivity index (χ0) is 4.99. The number of hydrogen-bond donors (Lipinski definition) is 0. The monoisotopic (exact) mass is 208 g/mol. The normalized spacial score (nSPS) is 8.67. The van der Waals surface area contributed by atoms with Crippen molar-refractivity contribution in [3.8, 4) is 0 Å². The minimum atomic E-state index is 0.337. The second-order valence-corrected chi connectivity index (χ2v) is 6.06. The van der Waals surface area contributed by atoms with Gasteiger partial charge >= 0.3 is 16.5 Å². The SMILES string of the molecule is CC(C)[CH2][Mg][I]. The summed E-state index contributed by atoms with van der Waals surface area (Å²) in [6.45, 7) is 4.57. The summed E-state index contributed by atoms with van der Waals surface area (Å²) in [6, 6.07) is 0. The molecular formula is C4H9IMg. The molecule has 0 aromatic rings. The van der Waals surface area contributed by atoms with Crippen molar-refractivity contribution in [2.75, 3.05) is 0 Å². The van der Waals surface area contributed by atoms with Crippen LogP contribution in [0.15, 0.2) is 0 Å². The minimum absolute atomic E-state index is 0.337. The molecule has 34 valence electrons. The van der Waals surface area contributed by atoms with Gasteiger partial charge in [-0.1, -0.05) is 19.8 Å². The van der Waals surface area contributed by atoms with Crippen LogP contribution < -0.4 is 0 Å². The van der Waals surface area contributed by atoms with Crippen LogP contribution in [0.2, 0.25) is 4.55 Å². The van der Waals surface area contributed by atoms with Gasteiger partial charge in [-0.15, -0.1) is 4.55 Å². The summed E-state index contributed by atoms with van der Waals surface area (Å²) in [5, 5.41) is 0. The Balaban J connectivity index is 2.63. The van der Waals surface area contributed by atoms with Crippen LogP contribution in [-0.2, 0) is 0 Å². The molecule has 0 spiro atoms. The number of hydrogen-bond acceptors (Lipinski definition) is 0. The minimum Gasteiger partial charge on any atom is -0.301 e. The van der Waals surface area contributed by atoms with Crippen LogP contribution in [0.25, 0.3) is 0 Å². The summed E-state index contributed by atoms with van der Waals surface area (Å²) in [6.07, 6.45) is 0. The van der Waals surface area contributed by atoms with Crippen LogP contribution in [0.5, 0.6) is 0 Å². The Morgan fingerprint density at radius 3 is 2.17 bits per heavy atom. The van der Waals surface area contributed by atoms with Crippen molar-refractivity contribution >= 4 is 35.3 Å². The molecule has 0 aromatic carbocycles. The summed E-state index contributed by atoms with van der Waals surface area (Å²) >= 11 is 2.88. The van der Waals surface area contributed by atoms with Crippen LogP contribution in [0.1, 0.15) is 13.8 Å². The highest BCUT2D eigenvalue weighted by Crippen LogP contribution is 2.00. The molecule has 0 amide bonds. The lowest BCUT2D eigenvalue weighted by molar-refractivity contribution is 0.735. The standard InChI is InChI=1S/C4H9.HI.Mg/c1-4(2)3;;/h4H,1H2,2-3H3;1H;/q;;+1/p-1. The highest BCUT2D eigenvalue weighted by atomic mass is 127. The molecule has 0 saturated carbocycles. The van der Waals surface area contributed by atoms with E-state index < -0.39 is 0 Å². The number of halogens is 1. The Kier molecular flexibility index (Phi) is 5.81. The van der Waals surface area contributed by atoms with E-state index in [1.165, 1.54) is 4.55 Å². The van der Waals surface area contributed by atoms with Crippen molar-refractivity contribution in [3.63, 3.8) is 0 Å². The van der Waals surface area contributed by atoms with Crippen molar-refractivity contribution < 1.29 is 0 Å². The van der Waals surface area contributed by atoms with E-state index in [1.54, 1.807) is 0 Å². The van der Waals surface area contributed by atoms with Gasteiger partial charge in [0.25, 0.3) is 0 Å². The van der Waals surface area contributed by atoms with Gasteiger partial charge in [0.15, 0.2) is 0 Å². The Morgan fingerprint density at radius 1 is 1.67 bits per heavy atom. The Labute approximate surface area is 59.2 Å². The molecule has 0 nitrogen and oxygen atoms in total. The van der Waals surface area contributed by atoms with Gasteiger partial charge in [0, 0.05) is 0 Å². The highest BCUT2D eigenvalue weighted by molar-refractivity contribution is 14.1. The van der Waals surface area contributed by atoms with E-state index in [1.807, 2.05) is 0 Å². The molecular weight excluding hydrogens is 199 g/mol. The van der Waals surface area contributed by atoms with E-state index in [2.05, 4.69) is 32.7 Å². The highest BCUT2D eigenvalue weighted by Gasteiger charge is 1.91. The molecule has 0 heterocycles. The second kappa shape index (κ2) is 4.65. The Hall–Kier alpha value is 1.50. The third-order valence-corrected chi connectivity index (χ3v) is 3.93. The van der Waals surface area contributed by atoms with E-state index in [0.29, 0.717) is 16.5 Å². The molecule has 0 bridgehead atoms. The van der Waals surface area contributed by atoms with Gasteiger partial charge in [0.2, 0.25) is 0 Å². The molecule has 0 saturated heterocycles. The van der Waals surface area contributed by atoms with Crippen molar-refractivity contribution in [1.82, 2.24) is 0 Å². The first-order chi connectivity index (χ1) is 2.77. The third kappa shape index (κ3) is 5.50. The lowest BCUT2D eigenvalue weighted by Crippen LogP contribution is -1.85. The zero-order valence-electron chi connectivity index (χ0n) is 4.37.